The van der Waals surface area contributed by atoms with Crippen LogP contribution in [-0.2, 0) is 0 Å². The van der Waals surface area contributed by atoms with E-state index < -0.39 is 6.61 Å². The van der Waals surface area contributed by atoms with E-state index in [2.05, 4.69) is 17.4 Å². The summed E-state index contributed by atoms with van der Waals surface area (Å²) in [5, 5.41) is 0.262. The maximum Gasteiger partial charge on any atom is 0.387 e. The van der Waals surface area contributed by atoms with Crippen LogP contribution in [0.4, 0.5) is 8.78 Å². The van der Waals surface area contributed by atoms with Crippen molar-refractivity contribution >= 4 is 35.8 Å². The first-order valence-corrected chi connectivity index (χ1v) is 4.34. The highest BCUT2D eigenvalue weighted by Gasteiger charge is 2.10. The van der Waals surface area contributed by atoms with Crippen molar-refractivity contribution in [1.82, 2.24) is 0 Å². The van der Waals surface area contributed by atoms with E-state index in [1.807, 2.05) is 0 Å². The fourth-order valence-corrected chi connectivity index (χ4v) is 1.34. The van der Waals surface area contributed by atoms with Crippen LogP contribution in [0.2, 0.25) is 10.0 Å². The predicted molar refractivity (Wildman–Crippen MR) is 50.3 cm³/mol. The molecule has 0 spiro atoms. The molecule has 0 saturated heterocycles. The first-order chi connectivity index (χ1) is 6.00. The molecule has 72 valence electrons. The van der Waals surface area contributed by atoms with E-state index in [0.29, 0.717) is 4.90 Å². The van der Waals surface area contributed by atoms with Crippen LogP contribution in [0.3, 0.4) is 0 Å². The largest absolute Gasteiger partial charge is 0.433 e. The minimum absolute atomic E-state index is 0.0506. The summed E-state index contributed by atoms with van der Waals surface area (Å²) in [5.41, 5.74) is 0. The summed E-state index contributed by atoms with van der Waals surface area (Å²) in [6.45, 7) is -2.92. The van der Waals surface area contributed by atoms with Crippen LogP contribution in [0.5, 0.6) is 5.75 Å². The van der Waals surface area contributed by atoms with Crippen LogP contribution in [-0.4, -0.2) is 6.61 Å². The number of alkyl halides is 2. The molecule has 6 heteroatoms. The van der Waals surface area contributed by atoms with Crippen molar-refractivity contribution in [3.8, 4) is 5.75 Å². The Hall–Kier alpha value is -0.190. The Morgan fingerprint density at radius 2 is 1.85 bits per heavy atom. The van der Waals surface area contributed by atoms with Crippen molar-refractivity contribution in [3.63, 3.8) is 0 Å². The quantitative estimate of drug-likeness (QED) is 0.778. The highest BCUT2D eigenvalue weighted by molar-refractivity contribution is 7.80. The third-order valence-corrected chi connectivity index (χ3v) is 2.33. The molecule has 0 aliphatic heterocycles. The van der Waals surface area contributed by atoms with E-state index in [-0.39, 0.29) is 15.8 Å². The Bertz CT molecular complexity index is 320. The van der Waals surface area contributed by atoms with Gasteiger partial charge in [0.25, 0.3) is 0 Å². The monoisotopic (exact) mass is 244 g/mol. The summed E-state index contributed by atoms with van der Waals surface area (Å²) in [7, 11) is 0. The van der Waals surface area contributed by atoms with Gasteiger partial charge in [0.1, 0.15) is 5.75 Å². The minimum atomic E-state index is -2.92. The maximum atomic E-state index is 11.8. The average molecular weight is 245 g/mol. The first-order valence-electron chi connectivity index (χ1n) is 3.13. The van der Waals surface area contributed by atoms with Gasteiger partial charge in [-0.15, -0.1) is 12.6 Å². The van der Waals surface area contributed by atoms with Crippen molar-refractivity contribution in [2.24, 2.45) is 0 Å². The molecule has 1 rings (SSSR count). The molecule has 0 aromatic heterocycles. The highest BCUT2D eigenvalue weighted by atomic mass is 35.5. The van der Waals surface area contributed by atoms with Gasteiger partial charge < -0.3 is 4.74 Å². The molecule has 1 aromatic carbocycles. The summed E-state index contributed by atoms with van der Waals surface area (Å²) >= 11 is 15.1. The van der Waals surface area contributed by atoms with Gasteiger partial charge in [-0.2, -0.15) is 8.78 Å². The van der Waals surface area contributed by atoms with Crippen molar-refractivity contribution in [2.75, 3.05) is 0 Å². The molecule has 0 unspecified atom stereocenters. The number of hydrogen-bond donors (Lipinski definition) is 1. The van der Waals surface area contributed by atoms with Crippen LogP contribution in [0.25, 0.3) is 0 Å². The number of rotatable bonds is 2. The lowest BCUT2D eigenvalue weighted by molar-refractivity contribution is -0.0498. The van der Waals surface area contributed by atoms with Crippen LogP contribution >= 0.6 is 35.8 Å². The Morgan fingerprint density at radius 1 is 1.23 bits per heavy atom. The topological polar surface area (TPSA) is 9.23 Å². The van der Waals surface area contributed by atoms with Crippen LogP contribution in [0.1, 0.15) is 0 Å². The lowest BCUT2D eigenvalue weighted by Gasteiger charge is -2.07. The molecular formula is C7H4Cl2F2OS. The van der Waals surface area contributed by atoms with E-state index in [1.165, 1.54) is 12.1 Å². The average Bonchev–Trinajstić information content (AvgIpc) is 1.99. The maximum absolute atomic E-state index is 11.8. The lowest BCUT2D eigenvalue weighted by Crippen LogP contribution is -2.02. The first kappa shape index (κ1) is 10.9. The van der Waals surface area contributed by atoms with Gasteiger partial charge >= 0.3 is 6.61 Å². The van der Waals surface area contributed by atoms with Gasteiger partial charge in [0.15, 0.2) is 0 Å². The fraction of sp³-hybridized carbons (Fsp3) is 0.143. The molecule has 1 aromatic rings. The Labute approximate surface area is 89.0 Å². The molecule has 0 N–H and O–H groups in total. The van der Waals surface area contributed by atoms with E-state index in [1.54, 1.807) is 0 Å². The number of ether oxygens (including phenoxy) is 1. The second-order valence-corrected chi connectivity index (χ2v) is 3.41. The van der Waals surface area contributed by atoms with Crippen molar-refractivity contribution in [3.05, 3.63) is 22.2 Å². The Kier molecular flexibility index (Phi) is 3.64. The van der Waals surface area contributed by atoms with Gasteiger partial charge in [0.05, 0.1) is 10.0 Å². The summed E-state index contributed by atoms with van der Waals surface area (Å²) in [5.74, 6) is -0.153. The third kappa shape index (κ3) is 2.90. The van der Waals surface area contributed by atoms with Gasteiger partial charge in [-0.05, 0) is 6.07 Å². The smallest absolute Gasteiger partial charge is 0.387 e. The zero-order valence-corrected chi connectivity index (χ0v) is 8.51. The van der Waals surface area contributed by atoms with E-state index in [0.717, 1.165) is 0 Å². The number of thiol groups is 1. The van der Waals surface area contributed by atoms with Gasteiger partial charge in [0.2, 0.25) is 0 Å². The van der Waals surface area contributed by atoms with Gasteiger partial charge in [-0.25, -0.2) is 0 Å². The lowest BCUT2D eigenvalue weighted by atomic mass is 10.3. The fourth-order valence-electron chi connectivity index (χ4n) is 0.704. The highest BCUT2D eigenvalue weighted by Crippen LogP contribution is 2.33. The van der Waals surface area contributed by atoms with Crippen LogP contribution < -0.4 is 4.74 Å². The van der Waals surface area contributed by atoms with Gasteiger partial charge in [0, 0.05) is 11.0 Å². The van der Waals surface area contributed by atoms with Crippen molar-refractivity contribution in [2.45, 2.75) is 11.5 Å². The molecule has 0 fully saturated rings. The molecule has 0 atom stereocenters. The molecule has 0 amide bonds. The summed E-state index contributed by atoms with van der Waals surface area (Å²) in [6.07, 6.45) is 0. The summed E-state index contributed by atoms with van der Waals surface area (Å²) in [4.78, 5) is 0.410. The molecule has 0 radical (unpaired) electrons. The molecule has 0 aliphatic carbocycles. The Morgan fingerprint density at radius 3 is 2.38 bits per heavy atom. The van der Waals surface area contributed by atoms with Gasteiger partial charge in [-0.1, -0.05) is 23.2 Å². The summed E-state index contributed by atoms with van der Waals surface area (Å²) < 4.78 is 27.7. The van der Waals surface area contributed by atoms with E-state index in [9.17, 15) is 8.78 Å². The normalized spacial score (nSPS) is 10.6. The van der Waals surface area contributed by atoms with E-state index >= 15 is 0 Å². The zero-order valence-electron chi connectivity index (χ0n) is 6.10. The number of benzene rings is 1. The number of halogens is 4. The van der Waals surface area contributed by atoms with Crippen LogP contribution in [0, 0.1) is 0 Å². The second kappa shape index (κ2) is 4.35. The standard InChI is InChI=1S/C7H4Cl2F2OS/c8-3-2-6(13)4(9)1-5(3)12-7(10)11/h1-2,7,13H. The van der Waals surface area contributed by atoms with Gasteiger partial charge in [-0.3, -0.25) is 0 Å². The van der Waals surface area contributed by atoms with Crippen LogP contribution in [0.15, 0.2) is 17.0 Å². The molecule has 1 nitrogen and oxygen atoms in total. The molecule has 0 saturated carbocycles. The number of hydrogen-bond acceptors (Lipinski definition) is 2. The van der Waals surface area contributed by atoms with Crippen molar-refractivity contribution in [1.29, 1.82) is 0 Å². The predicted octanol–water partition coefficient (Wildman–Crippen LogP) is 3.88. The molecule has 0 heterocycles. The molecule has 0 aliphatic rings. The zero-order chi connectivity index (χ0) is 10.0. The molecule has 13 heavy (non-hydrogen) atoms. The van der Waals surface area contributed by atoms with E-state index in [4.69, 9.17) is 23.2 Å². The second-order valence-electron chi connectivity index (χ2n) is 2.11. The third-order valence-electron chi connectivity index (χ3n) is 1.22. The molecular weight excluding hydrogens is 241 g/mol. The molecule has 0 bridgehead atoms. The Balaban J connectivity index is 3.01. The summed E-state index contributed by atoms with van der Waals surface area (Å²) in [6, 6.07) is 2.53. The SMILES string of the molecule is FC(F)Oc1cc(Cl)c(S)cc1Cl. The van der Waals surface area contributed by atoms with Crippen molar-refractivity contribution < 1.29 is 13.5 Å². The minimum Gasteiger partial charge on any atom is -0.433 e.